The zero-order valence-corrected chi connectivity index (χ0v) is 9.83. The molecular formula is C14H14FNO. The molecule has 17 heavy (non-hydrogen) atoms. The van der Waals surface area contributed by atoms with Crippen LogP contribution in [0.2, 0.25) is 0 Å². The molecule has 0 unspecified atom stereocenters. The molecule has 2 rings (SSSR count). The van der Waals surface area contributed by atoms with Crippen LogP contribution in [0.25, 0.3) is 11.1 Å². The van der Waals surface area contributed by atoms with Crippen LogP contribution in [0, 0.1) is 12.7 Å². The van der Waals surface area contributed by atoms with Gasteiger partial charge in [-0.2, -0.15) is 0 Å². The van der Waals surface area contributed by atoms with E-state index in [2.05, 4.69) is 0 Å². The molecule has 0 amide bonds. The molecule has 0 saturated heterocycles. The molecular weight excluding hydrogens is 217 g/mol. The zero-order chi connectivity index (χ0) is 12.4. The van der Waals surface area contributed by atoms with Gasteiger partial charge in [-0.1, -0.05) is 12.1 Å². The molecule has 0 spiro atoms. The molecule has 0 heterocycles. The van der Waals surface area contributed by atoms with E-state index in [1.807, 2.05) is 25.1 Å². The van der Waals surface area contributed by atoms with Crippen LogP contribution in [0.1, 0.15) is 5.56 Å². The van der Waals surface area contributed by atoms with Crippen molar-refractivity contribution >= 4 is 5.69 Å². The molecule has 0 aliphatic heterocycles. The molecule has 3 heteroatoms. The van der Waals surface area contributed by atoms with Crippen LogP contribution in [0.3, 0.4) is 0 Å². The average molecular weight is 231 g/mol. The summed E-state index contributed by atoms with van der Waals surface area (Å²) in [6, 6.07) is 10.3. The molecule has 2 nitrogen and oxygen atoms in total. The maximum Gasteiger partial charge on any atom is 0.141 e. The predicted molar refractivity (Wildman–Crippen MR) is 67.5 cm³/mol. The second-order valence-electron chi connectivity index (χ2n) is 3.92. The summed E-state index contributed by atoms with van der Waals surface area (Å²) in [5.74, 6) is 0.418. The van der Waals surface area contributed by atoms with E-state index in [0.717, 1.165) is 16.7 Å². The zero-order valence-electron chi connectivity index (χ0n) is 9.83. The lowest BCUT2D eigenvalue weighted by Crippen LogP contribution is -1.93. The largest absolute Gasteiger partial charge is 0.495 e. The van der Waals surface area contributed by atoms with E-state index in [9.17, 15) is 4.39 Å². The minimum atomic E-state index is -0.229. The van der Waals surface area contributed by atoms with E-state index >= 15 is 0 Å². The molecule has 0 saturated carbocycles. The number of nitrogen functional groups attached to an aromatic ring is 1. The third kappa shape index (κ3) is 2.23. The summed E-state index contributed by atoms with van der Waals surface area (Å²) in [5.41, 5.74) is 9.24. The topological polar surface area (TPSA) is 35.2 Å². The Kier molecular flexibility index (Phi) is 3.00. The second-order valence-corrected chi connectivity index (χ2v) is 3.92. The molecule has 0 bridgehead atoms. The summed E-state index contributed by atoms with van der Waals surface area (Å²) in [6.45, 7) is 1.87. The van der Waals surface area contributed by atoms with Crippen molar-refractivity contribution in [3.63, 3.8) is 0 Å². The number of ether oxygens (including phenoxy) is 1. The molecule has 0 aliphatic rings. The molecule has 88 valence electrons. The molecule has 0 aliphatic carbocycles. The highest BCUT2D eigenvalue weighted by Gasteiger charge is 2.06. The Bertz CT molecular complexity index is 552. The van der Waals surface area contributed by atoms with Gasteiger partial charge in [-0.3, -0.25) is 0 Å². The van der Waals surface area contributed by atoms with Gasteiger partial charge in [-0.15, -0.1) is 0 Å². The van der Waals surface area contributed by atoms with Crippen LogP contribution in [-0.4, -0.2) is 7.11 Å². The average Bonchev–Trinajstić information content (AvgIpc) is 2.29. The molecule has 0 atom stereocenters. The number of hydrogen-bond acceptors (Lipinski definition) is 2. The highest BCUT2D eigenvalue weighted by Crippen LogP contribution is 2.30. The normalized spacial score (nSPS) is 10.3. The number of methoxy groups -OCH3 is 1. The summed E-state index contributed by atoms with van der Waals surface area (Å²) < 4.78 is 18.1. The van der Waals surface area contributed by atoms with Gasteiger partial charge in [-0.25, -0.2) is 4.39 Å². The van der Waals surface area contributed by atoms with Crippen molar-refractivity contribution in [3.8, 4) is 16.9 Å². The Morgan fingerprint density at radius 2 is 1.88 bits per heavy atom. The number of rotatable bonds is 2. The van der Waals surface area contributed by atoms with Crippen molar-refractivity contribution in [2.45, 2.75) is 6.92 Å². The Labute approximate surface area is 99.8 Å². The first-order valence-electron chi connectivity index (χ1n) is 5.32. The van der Waals surface area contributed by atoms with E-state index in [4.69, 9.17) is 10.5 Å². The van der Waals surface area contributed by atoms with E-state index in [0.29, 0.717) is 11.4 Å². The number of anilines is 1. The van der Waals surface area contributed by atoms with Gasteiger partial charge in [0.25, 0.3) is 0 Å². The Hall–Kier alpha value is -2.03. The Morgan fingerprint density at radius 3 is 2.47 bits per heavy atom. The first-order chi connectivity index (χ1) is 8.11. The quantitative estimate of drug-likeness (QED) is 0.804. The molecule has 2 aromatic carbocycles. The van der Waals surface area contributed by atoms with Gasteiger partial charge in [0.15, 0.2) is 0 Å². The number of aryl methyl sites for hydroxylation is 1. The number of nitrogens with two attached hydrogens (primary N) is 1. The van der Waals surface area contributed by atoms with E-state index in [1.165, 1.54) is 12.1 Å². The third-order valence-corrected chi connectivity index (χ3v) is 2.73. The van der Waals surface area contributed by atoms with Gasteiger partial charge in [0.05, 0.1) is 12.8 Å². The lowest BCUT2D eigenvalue weighted by atomic mass is 10.00. The third-order valence-electron chi connectivity index (χ3n) is 2.73. The Morgan fingerprint density at radius 1 is 1.12 bits per heavy atom. The minimum absolute atomic E-state index is 0.229. The first kappa shape index (κ1) is 11.5. The van der Waals surface area contributed by atoms with Crippen molar-refractivity contribution in [1.82, 2.24) is 0 Å². The van der Waals surface area contributed by atoms with E-state index in [1.54, 1.807) is 13.2 Å². The SMILES string of the molecule is COc1ccc(-c2ccc(F)cc2C)cc1N. The minimum Gasteiger partial charge on any atom is -0.495 e. The Balaban J connectivity index is 2.50. The van der Waals surface area contributed by atoms with Crippen LogP contribution in [0.15, 0.2) is 36.4 Å². The molecule has 0 fully saturated rings. The summed E-state index contributed by atoms with van der Waals surface area (Å²) in [6.07, 6.45) is 0. The van der Waals surface area contributed by atoms with Crippen LogP contribution in [0.5, 0.6) is 5.75 Å². The molecule has 0 aromatic heterocycles. The highest BCUT2D eigenvalue weighted by atomic mass is 19.1. The van der Waals surface area contributed by atoms with Crippen molar-refractivity contribution in [1.29, 1.82) is 0 Å². The van der Waals surface area contributed by atoms with Gasteiger partial charge in [0.2, 0.25) is 0 Å². The maximum absolute atomic E-state index is 13.0. The van der Waals surface area contributed by atoms with Gasteiger partial charge in [0, 0.05) is 0 Å². The maximum atomic E-state index is 13.0. The van der Waals surface area contributed by atoms with Gasteiger partial charge >= 0.3 is 0 Å². The fourth-order valence-electron chi connectivity index (χ4n) is 1.85. The first-order valence-corrected chi connectivity index (χ1v) is 5.32. The predicted octanol–water partition coefficient (Wildman–Crippen LogP) is 3.39. The lowest BCUT2D eigenvalue weighted by Gasteiger charge is -2.09. The van der Waals surface area contributed by atoms with Crippen molar-refractivity contribution < 1.29 is 9.13 Å². The number of hydrogen-bond donors (Lipinski definition) is 1. The molecule has 0 radical (unpaired) electrons. The van der Waals surface area contributed by atoms with Crippen LogP contribution in [-0.2, 0) is 0 Å². The van der Waals surface area contributed by atoms with Crippen molar-refractivity contribution in [3.05, 3.63) is 47.8 Å². The lowest BCUT2D eigenvalue weighted by molar-refractivity contribution is 0.417. The fraction of sp³-hybridized carbons (Fsp3) is 0.143. The van der Waals surface area contributed by atoms with Gasteiger partial charge in [0.1, 0.15) is 11.6 Å². The molecule has 2 N–H and O–H groups in total. The number of benzene rings is 2. The number of halogens is 1. The van der Waals surface area contributed by atoms with Crippen molar-refractivity contribution in [2.75, 3.05) is 12.8 Å². The summed E-state index contributed by atoms with van der Waals surface area (Å²) in [7, 11) is 1.58. The standard InChI is InChI=1S/C14H14FNO/c1-9-7-11(15)4-5-12(9)10-3-6-14(17-2)13(16)8-10/h3-8H,16H2,1-2H3. The van der Waals surface area contributed by atoms with Crippen LogP contribution < -0.4 is 10.5 Å². The van der Waals surface area contributed by atoms with Gasteiger partial charge < -0.3 is 10.5 Å². The fourth-order valence-corrected chi connectivity index (χ4v) is 1.85. The summed E-state index contributed by atoms with van der Waals surface area (Å²) >= 11 is 0. The van der Waals surface area contributed by atoms with Crippen LogP contribution >= 0.6 is 0 Å². The monoisotopic (exact) mass is 231 g/mol. The van der Waals surface area contributed by atoms with Crippen LogP contribution in [0.4, 0.5) is 10.1 Å². The smallest absolute Gasteiger partial charge is 0.141 e. The summed E-state index contributed by atoms with van der Waals surface area (Å²) in [5, 5.41) is 0. The van der Waals surface area contributed by atoms with Gasteiger partial charge in [-0.05, 0) is 47.9 Å². The van der Waals surface area contributed by atoms with E-state index < -0.39 is 0 Å². The highest BCUT2D eigenvalue weighted by molar-refractivity contribution is 5.72. The van der Waals surface area contributed by atoms with E-state index in [-0.39, 0.29) is 5.82 Å². The molecule has 2 aromatic rings. The second kappa shape index (κ2) is 4.45. The van der Waals surface area contributed by atoms with Crippen molar-refractivity contribution in [2.24, 2.45) is 0 Å². The summed E-state index contributed by atoms with van der Waals surface area (Å²) in [4.78, 5) is 0.